The Labute approximate surface area is 131 Å². The van der Waals surface area contributed by atoms with E-state index in [0.717, 1.165) is 5.56 Å². The van der Waals surface area contributed by atoms with Crippen LogP contribution in [-0.2, 0) is 16.1 Å². The summed E-state index contributed by atoms with van der Waals surface area (Å²) in [4.78, 5) is 13.8. The van der Waals surface area contributed by atoms with Crippen LogP contribution in [0.15, 0.2) is 29.6 Å². The molecular weight excluding hydrogens is 310 g/mol. The lowest BCUT2D eigenvalue weighted by molar-refractivity contribution is -0.133. The Morgan fingerprint density at radius 3 is 3.00 bits per heavy atom. The average Bonchev–Trinajstić information content (AvgIpc) is 3.13. The molecule has 0 saturated carbocycles. The van der Waals surface area contributed by atoms with Crippen molar-refractivity contribution in [2.75, 3.05) is 19.1 Å². The molecule has 1 aromatic heterocycles. The van der Waals surface area contributed by atoms with Gasteiger partial charge in [-0.3, -0.25) is 4.79 Å². The predicted molar refractivity (Wildman–Crippen MR) is 83.7 cm³/mol. The second-order valence-electron chi connectivity index (χ2n) is 5.08. The molecule has 1 aromatic carbocycles. The molecule has 0 spiro atoms. The van der Waals surface area contributed by atoms with E-state index in [1.165, 1.54) is 10.1 Å². The molecule has 6 heteroatoms. The van der Waals surface area contributed by atoms with Crippen LogP contribution >= 0.6 is 22.9 Å². The SMILES string of the molecule is O=C(CCl)N(Cc1cccc2ccsc12)[C@H]1COC[C@@H]1O. The summed E-state index contributed by atoms with van der Waals surface area (Å²) in [5, 5.41) is 13.2. The number of aliphatic hydroxyl groups excluding tert-OH is 1. The molecule has 1 saturated heterocycles. The molecule has 2 heterocycles. The van der Waals surface area contributed by atoms with Crippen LogP contribution in [0.3, 0.4) is 0 Å². The molecule has 1 amide bonds. The van der Waals surface area contributed by atoms with Crippen LogP contribution in [0.4, 0.5) is 0 Å². The fourth-order valence-electron chi connectivity index (χ4n) is 2.66. The minimum Gasteiger partial charge on any atom is -0.388 e. The molecule has 0 radical (unpaired) electrons. The molecule has 2 aromatic rings. The normalized spacial score (nSPS) is 21.8. The third-order valence-corrected chi connectivity index (χ3v) is 4.99. The van der Waals surface area contributed by atoms with Crippen molar-refractivity contribution < 1.29 is 14.6 Å². The Hall–Kier alpha value is -1.14. The van der Waals surface area contributed by atoms with Crippen molar-refractivity contribution in [1.82, 2.24) is 4.90 Å². The van der Waals surface area contributed by atoms with Crippen molar-refractivity contribution in [2.45, 2.75) is 18.7 Å². The summed E-state index contributed by atoms with van der Waals surface area (Å²) in [6, 6.07) is 7.78. The van der Waals surface area contributed by atoms with E-state index in [2.05, 4.69) is 12.1 Å². The van der Waals surface area contributed by atoms with Gasteiger partial charge in [-0.1, -0.05) is 18.2 Å². The lowest BCUT2D eigenvalue weighted by Gasteiger charge is -2.29. The molecule has 21 heavy (non-hydrogen) atoms. The summed E-state index contributed by atoms with van der Waals surface area (Å²) < 4.78 is 6.44. The van der Waals surface area contributed by atoms with Crippen molar-refractivity contribution in [1.29, 1.82) is 0 Å². The maximum Gasteiger partial charge on any atom is 0.238 e. The van der Waals surface area contributed by atoms with Crippen molar-refractivity contribution in [3.63, 3.8) is 0 Å². The number of aliphatic hydroxyl groups is 1. The molecule has 3 rings (SSSR count). The molecular formula is C15H16ClNO3S. The van der Waals surface area contributed by atoms with E-state index >= 15 is 0 Å². The molecule has 1 aliphatic rings. The number of carbonyl (C=O) groups excluding carboxylic acids is 1. The lowest BCUT2D eigenvalue weighted by Crippen LogP contribution is -2.46. The Balaban J connectivity index is 1.90. The first-order chi connectivity index (χ1) is 10.2. The number of ether oxygens (including phenoxy) is 1. The van der Waals surface area contributed by atoms with Crippen LogP contribution in [-0.4, -0.2) is 47.2 Å². The number of thiophene rings is 1. The average molecular weight is 326 g/mol. The van der Waals surface area contributed by atoms with Crippen LogP contribution in [0.5, 0.6) is 0 Å². The van der Waals surface area contributed by atoms with Crippen LogP contribution in [0.25, 0.3) is 10.1 Å². The van der Waals surface area contributed by atoms with E-state index in [0.29, 0.717) is 13.2 Å². The van der Waals surface area contributed by atoms with Crippen molar-refractivity contribution in [3.05, 3.63) is 35.2 Å². The first-order valence-electron chi connectivity index (χ1n) is 6.77. The number of amides is 1. The van der Waals surface area contributed by atoms with Crippen LogP contribution in [0.2, 0.25) is 0 Å². The van der Waals surface area contributed by atoms with Gasteiger partial charge >= 0.3 is 0 Å². The van der Waals surface area contributed by atoms with Crippen LogP contribution in [0.1, 0.15) is 5.56 Å². The summed E-state index contributed by atoms with van der Waals surface area (Å²) in [5.74, 6) is -0.274. The molecule has 112 valence electrons. The van der Waals surface area contributed by atoms with Gasteiger partial charge in [0.1, 0.15) is 5.88 Å². The second-order valence-corrected chi connectivity index (χ2v) is 6.27. The van der Waals surface area contributed by atoms with Gasteiger partial charge in [-0.05, 0) is 22.4 Å². The van der Waals surface area contributed by atoms with Crippen LogP contribution in [0, 0.1) is 0 Å². The molecule has 0 bridgehead atoms. The third kappa shape index (κ3) is 2.92. The Bertz CT molecular complexity index is 645. The first kappa shape index (κ1) is 14.8. The molecule has 0 aliphatic carbocycles. The fraction of sp³-hybridized carbons (Fsp3) is 0.400. The Morgan fingerprint density at radius 2 is 2.29 bits per heavy atom. The van der Waals surface area contributed by atoms with E-state index in [9.17, 15) is 9.90 Å². The number of fused-ring (bicyclic) bond motifs is 1. The molecule has 1 aliphatic heterocycles. The van der Waals surface area contributed by atoms with Crippen molar-refractivity contribution in [2.24, 2.45) is 0 Å². The monoisotopic (exact) mass is 325 g/mol. The second kappa shape index (κ2) is 6.32. The zero-order valence-electron chi connectivity index (χ0n) is 11.4. The summed E-state index contributed by atoms with van der Waals surface area (Å²) >= 11 is 7.38. The summed E-state index contributed by atoms with van der Waals surface area (Å²) in [5.41, 5.74) is 1.07. The first-order valence-corrected chi connectivity index (χ1v) is 8.18. The van der Waals surface area contributed by atoms with E-state index in [1.807, 2.05) is 17.5 Å². The maximum atomic E-state index is 12.2. The van der Waals surface area contributed by atoms with E-state index in [4.69, 9.17) is 16.3 Å². The van der Waals surface area contributed by atoms with Crippen molar-refractivity contribution >= 4 is 38.9 Å². The number of hydrogen-bond donors (Lipinski definition) is 1. The van der Waals surface area contributed by atoms with Gasteiger partial charge in [0, 0.05) is 11.2 Å². The zero-order chi connectivity index (χ0) is 14.8. The van der Waals surface area contributed by atoms with Crippen LogP contribution < -0.4 is 0 Å². The lowest BCUT2D eigenvalue weighted by atomic mass is 10.1. The zero-order valence-corrected chi connectivity index (χ0v) is 12.9. The minimum atomic E-state index is -0.653. The maximum absolute atomic E-state index is 12.2. The number of nitrogens with zero attached hydrogens (tertiary/aromatic N) is 1. The topological polar surface area (TPSA) is 49.8 Å². The highest BCUT2D eigenvalue weighted by Crippen LogP contribution is 2.27. The van der Waals surface area contributed by atoms with Crippen molar-refractivity contribution in [3.8, 4) is 0 Å². The standard InChI is InChI=1S/C15H16ClNO3S/c16-6-14(19)17(12-8-20-9-13(12)18)7-11-3-1-2-10-4-5-21-15(10)11/h1-5,12-13,18H,6-9H2/t12-,13-/m0/s1. The van der Waals surface area contributed by atoms with E-state index in [-0.39, 0.29) is 24.4 Å². The quantitative estimate of drug-likeness (QED) is 0.877. The van der Waals surface area contributed by atoms with E-state index in [1.54, 1.807) is 16.2 Å². The van der Waals surface area contributed by atoms with Gasteiger partial charge in [0.2, 0.25) is 5.91 Å². The highest BCUT2D eigenvalue weighted by molar-refractivity contribution is 7.17. The highest BCUT2D eigenvalue weighted by Gasteiger charge is 2.34. The van der Waals surface area contributed by atoms with Gasteiger partial charge in [-0.25, -0.2) is 0 Å². The number of carbonyl (C=O) groups is 1. The number of halogens is 1. The predicted octanol–water partition coefficient (Wildman–Crippen LogP) is 2.23. The number of rotatable bonds is 4. The molecule has 1 N–H and O–H groups in total. The summed E-state index contributed by atoms with van der Waals surface area (Å²) in [6.07, 6.45) is -0.653. The number of hydrogen-bond acceptors (Lipinski definition) is 4. The Morgan fingerprint density at radius 1 is 1.43 bits per heavy atom. The Kier molecular flexibility index (Phi) is 4.45. The van der Waals surface area contributed by atoms with Gasteiger partial charge in [-0.2, -0.15) is 0 Å². The number of benzene rings is 1. The van der Waals surface area contributed by atoms with Gasteiger partial charge in [0.05, 0.1) is 25.4 Å². The molecule has 0 unspecified atom stereocenters. The van der Waals surface area contributed by atoms with Gasteiger partial charge in [0.15, 0.2) is 0 Å². The third-order valence-electron chi connectivity index (χ3n) is 3.76. The van der Waals surface area contributed by atoms with Gasteiger partial charge in [-0.15, -0.1) is 22.9 Å². The summed E-state index contributed by atoms with van der Waals surface area (Å²) in [7, 11) is 0. The molecule has 1 fully saturated rings. The smallest absolute Gasteiger partial charge is 0.238 e. The fourth-order valence-corrected chi connectivity index (χ4v) is 3.72. The number of alkyl halides is 1. The minimum absolute atomic E-state index is 0.0936. The van der Waals surface area contributed by atoms with Gasteiger partial charge < -0.3 is 14.7 Å². The molecule has 4 nitrogen and oxygen atoms in total. The van der Waals surface area contributed by atoms with E-state index < -0.39 is 6.10 Å². The van der Waals surface area contributed by atoms with Gasteiger partial charge in [0.25, 0.3) is 0 Å². The highest BCUT2D eigenvalue weighted by atomic mass is 35.5. The largest absolute Gasteiger partial charge is 0.388 e. The molecule has 2 atom stereocenters. The summed E-state index contributed by atoms with van der Waals surface area (Å²) in [6.45, 7) is 1.05.